The molecule has 3 rings (SSSR count). The predicted molar refractivity (Wildman–Crippen MR) is 82.9 cm³/mol. The number of carbonyl (C=O) groups is 2. The Labute approximate surface area is 141 Å². The molecule has 1 saturated heterocycles. The van der Waals surface area contributed by atoms with Crippen molar-refractivity contribution in [2.45, 2.75) is 19.4 Å². The van der Waals surface area contributed by atoms with Crippen molar-refractivity contribution >= 4 is 23.4 Å². The molecule has 0 aliphatic carbocycles. The van der Waals surface area contributed by atoms with E-state index in [-0.39, 0.29) is 22.5 Å². The molecule has 2 amide bonds. The van der Waals surface area contributed by atoms with Crippen molar-refractivity contribution in [3.63, 3.8) is 0 Å². The first-order valence-electron chi connectivity index (χ1n) is 7.28. The molecular formula is C14H14ClN5O4. The minimum atomic E-state index is -0.478. The second-order valence-corrected chi connectivity index (χ2v) is 5.70. The van der Waals surface area contributed by atoms with Gasteiger partial charge in [0.1, 0.15) is 11.5 Å². The normalized spacial score (nSPS) is 14.3. The lowest BCUT2D eigenvalue weighted by Gasteiger charge is -2.38. The topological polar surface area (TPSA) is 121 Å². The molecule has 24 heavy (non-hydrogen) atoms. The molecule has 0 aromatic carbocycles. The Morgan fingerprint density at radius 3 is 2.88 bits per heavy atom. The third-order valence-electron chi connectivity index (χ3n) is 3.56. The molecule has 0 spiro atoms. The van der Waals surface area contributed by atoms with E-state index in [4.69, 9.17) is 16.1 Å². The number of nitrogens with zero attached hydrogens (tertiary/aromatic N) is 3. The first-order chi connectivity index (χ1) is 11.5. The Kier molecular flexibility index (Phi) is 4.34. The number of amides is 2. The van der Waals surface area contributed by atoms with E-state index in [1.165, 1.54) is 11.1 Å². The minimum Gasteiger partial charge on any atom is -0.373 e. The number of halogens is 1. The van der Waals surface area contributed by atoms with Gasteiger partial charge < -0.3 is 14.7 Å². The van der Waals surface area contributed by atoms with Crippen molar-refractivity contribution in [3.8, 4) is 0 Å². The molecule has 2 aromatic heterocycles. The number of hydrogen-bond donors (Lipinski definition) is 2. The van der Waals surface area contributed by atoms with Gasteiger partial charge in [-0.3, -0.25) is 14.4 Å². The molecule has 10 heteroatoms. The lowest BCUT2D eigenvalue weighted by molar-refractivity contribution is 0.0504. The summed E-state index contributed by atoms with van der Waals surface area (Å²) >= 11 is 5.96. The van der Waals surface area contributed by atoms with Gasteiger partial charge >= 0.3 is 0 Å². The second-order valence-electron chi connectivity index (χ2n) is 5.29. The molecule has 0 atom stereocenters. The molecule has 0 unspecified atom stereocenters. The fraction of sp³-hybridized carbons (Fsp3) is 0.357. The van der Waals surface area contributed by atoms with Crippen LogP contribution < -0.4 is 10.9 Å². The first-order valence-corrected chi connectivity index (χ1v) is 7.65. The highest BCUT2D eigenvalue weighted by Gasteiger charge is 2.34. The van der Waals surface area contributed by atoms with Crippen LogP contribution in [0.3, 0.4) is 0 Å². The van der Waals surface area contributed by atoms with Gasteiger partial charge in [-0.1, -0.05) is 18.5 Å². The van der Waals surface area contributed by atoms with Crippen LogP contribution >= 0.6 is 11.6 Å². The Bertz CT molecular complexity index is 840. The Morgan fingerprint density at radius 1 is 1.50 bits per heavy atom. The maximum absolute atomic E-state index is 12.2. The number of nitrogens with one attached hydrogen (secondary N) is 2. The van der Waals surface area contributed by atoms with E-state index in [1.54, 1.807) is 0 Å². The number of carbonyl (C=O) groups excluding carboxylic acids is 2. The summed E-state index contributed by atoms with van der Waals surface area (Å²) in [6.07, 6.45) is 1.98. The van der Waals surface area contributed by atoms with E-state index in [9.17, 15) is 14.4 Å². The van der Waals surface area contributed by atoms with Gasteiger partial charge in [0.25, 0.3) is 17.4 Å². The Balaban J connectivity index is 1.58. The van der Waals surface area contributed by atoms with E-state index in [2.05, 4.69) is 20.4 Å². The van der Waals surface area contributed by atoms with Crippen LogP contribution in [0.2, 0.25) is 5.02 Å². The van der Waals surface area contributed by atoms with Crippen molar-refractivity contribution in [2.24, 2.45) is 0 Å². The largest absolute Gasteiger partial charge is 0.373 e. The van der Waals surface area contributed by atoms with Gasteiger partial charge in [-0.05, 0) is 0 Å². The van der Waals surface area contributed by atoms with Crippen molar-refractivity contribution in [1.82, 2.24) is 25.3 Å². The van der Waals surface area contributed by atoms with Crippen LogP contribution in [0.25, 0.3) is 0 Å². The van der Waals surface area contributed by atoms with Crippen molar-refractivity contribution in [2.75, 3.05) is 13.1 Å². The average molecular weight is 352 g/mol. The van der Waals surface area contributed by atoms with E-state index in [0.717, 1.165) is 6.07 Å². The number of hydrogen-bond acceptors (Lipinski definition) is 6. The summed E-state index contributed by atoms with van der Waals surface area (Å²) in [6, 6.07) is 0.865. The van der Waals surface area contributed by atoms with E-state index in [1.807, 2.05) is 6.92 Å². The molecule has 2 aromatic rings. The number of H-pyrrole nitrogens is 1. The van der Waals surface area contributed by atoms with Crippen molar-refractivity contribution < 1.29 is 14.1 Å². The number of aromatic nitrogens is 3. The number of likely N-dealkylation sites (tertiary alicyclic amines) is 1. The molecular weight excluding hydrogens is 338 g/mol. The molecule has 0 bridgehead atoms. The standard InChI is InChI=1S/C14H14ClN5O4/c1-2-10-16-4-8(15)12(18-10)13(22)17-7-5-20(6-7)14(23)9-3-11(21)19-24-9/h3-4,7H,2,5-6H2,1H3,(H,17,22)(H,19,21). The highest BCUT2D eigenvalue weighted by Crippen LogP contribution is 2.16. The Hall–Kier alpha value is -2.68. The zero-order chi connectivity index (χ0) is 17.3. The molecule has 0 saturated carbocycles. The summed E-state index contributed by atoms with van der Waals surface area (Å²) in [4.78, 5) is 44.8. The van der Waals surface area contributed by atoms with Crippen LogP contribution in [0.5, 0.6) is 0 Å². The average Bonchev–Trinajstić information content (AvgIpc) is 2.96. The van der Waals surface area contributed by atoms with Crippen LogP contribution in [0.15, 0.2) is 21.6 Å². The van der Waals surface area contributed by atoms with Crippen LogP contribution in [0, 0.1) is 0 Å². The van der Waals surface area contributed by atoms with Crippen LogP contribution in [0.4, 0.5) is 0 Å². The number of aryl methyl sites for hydroxylation is 1. The summed E-state index contributed by atoms with van der Waals surface area (Å²) < 4.78 is 4.76. The SMILES string of the molecule is CCc1ncc(Cl)c(C(=O)NC2CN(C(=O)c3cc(=O)[nH]o3)C2)n1. The third kappa shape index (κ3) is 3.16. The summed E-state index contributed by atoms with van der Waals surface area (Å²) in [5.74, 6) is -0.358. The lowest BCUT2D eigenvalue weighted by Crippen LogP contribution is -2.61. The second kappa shape index (κ2) is 6.44. The molecule has 2 N–H and O–H groups in total. The first kappa shape index (κ1) is 16.2. The van der Waals surface area contributed by atoms with E-state index < -0.39 is 17.4 Å². The van der Waals surface area contributed by atoms with Gasteiger partial charge in [-0.25, -0.2) is 9.97 Å². The van der Waals surface area contributed by atoms with Crippen molar-refractivity contribution in [3.05, 3.63) is 44.9 Å². The maximum Gasteiger partial charge on any atom is 0.292 e. The van der Waals surface area contributed by atoms with Crippen LogP contribution in [-0.2, 0) is 6.42 Å². The zero-order valence-electron chi connectivity index (χ0n) is 12.7. The maximum atomic E-state index is 12.2. The van der Waals surface area contributed by atoms with Gasteiger partial charge in [-0.2, -0.15) is 5.16 Å². The van der Waals surface area contributed by atoms with Crippen LogP contribution in [0.1, 0.15) is 33.8 Å². The number of rotatable bonds is 4. The van der Waals surface area contributed by atoms with E-state index in [0.29, 0.717) is 25.3 Å². The van der Waals surface area contributed by atoms with Gasteiger partial charge in [-0.15, -0.1) is 0 Å². The molecule has 0 radical (unpaired) electrons. The van der Waals surface area contributed by atoms with Crippen LogP contribution in [-0.4, -0.2) is 51.0 Å². The molecule has 126 valence electrons. The Morgan fingerprint density at radius 2 is 2.25 bits per heavy atom. The van der Waals surface area contributed by atoms with Gasteiger partial charge in [0.05, 0.1) is 23.3 Å². The summed E-state index contributed by atoms with van der Waals surface area (Å²) in [7, 11) is 0. The number of aromatic amines is 1. The summed E-state index contributed by atoms with van der Waals surface area (Å²) in [5, 5.41) is 4.99. The van der Waals surface area contributed by atoms with Gasteiger partial charge in [0, 0.05) is 19.5 Å². The molecule has 1 fully saturated rings. The molecule has 1 aliphatic heterocycles. The van der Waals surface area contributed by atoms with E-state index >= 15 is 0 Å². The fourth-order valence-electron chi connectivity index (χ4n) is 2.27. The highest BCUT2D eigenvalue weighted by atomic mass is 35.5. The molecule has 1 aliphatic rings. The summed E-state index contributed by atoms with van der Waals surface area (Å²) in [6.45, 7) is 2.49. The smallest absolute Gasteiger partial charge is 0.292 e. The highest BCUT2D eigenvalue weighted by molar-refractivity contribution is 6.33. The van der Waals surface area contributed by atoms with Gasteiger partial charge in [0.2, 0.25) is 5.76 Å². The predicted octanol–water partition coefficient (Wildman–Crippen LogP) is 0.228. The lowest BCUT2D eigenvalue weighted by atomic mass is 10.1. The molecule has 9 nitrogen and oxygen atoms in total. The summed E-state index contributed by atoms with van der Waals surface area (Å²) in [5.41, 5.74) is -0.362. The van der Waals surface area contributed by atoms with Gasteiger partial charge in [0.15, 0.2) is 0 Å². The third-order valence-corrected chi connectivity index (χ3v) is 3.84. The monoisotopic (exact) mass is 351 g/mol. The fourth-order valence-corrected chi connectivity index (χ4v) is 2.44. The molecule has 3 heterocycles. The quantitative estimate of drug-likeness (QED) is 0.813. The van der Waals surface area contributed by atoms with Crippen molar-refractivity contribution in [1.29, 1.82) is 0 Å². The zero-order valence-corrected chi connectivity index (χ0v) is 13.5. The minimum absolute atomic E-state index is 0.0591.